The highest BCUT2D eigenvalue weighted by Gasteiger charge is 2.15. The van der Waals surface area contributed by atoms with Crippen molar-refractivity contribution in [1.82, 2.24) is 14.9 Å². The number of ether oxygens (including phenoxy) is 2. The van der Waals surface area contributed by atoms with E-state index in [0.717, 1.165) is 17.7 Å². The average molecular weight is 487 g/mol. The lowest BCUT2D eigenvalue weighted by Crippen LogP contribution is -2.34. The van der Waals surface area contributed by atoms with Crippen LogP contribution in [-0.2, 0) is 17.8 Å². The molecule has 0 saturated heterocycles. The first-order valence-corrected chi connectivity index (χ1v) is 11.8. The fraction of sp³-hybridized carbons (Fsp3) is 0.250. The maximum atomic E-state index is 12.9. The lowest BCUT2D eigenvalue weighted by molar-refractivity contribution is -0.117. The fourth-order valence-electron chi connectivity index (χ4n) is 4.09. The van der Waals surface area contributed by atoms with Gasteiger partial charge in [-0.05, 0) is 36.2 Å². The van der Waals surface area contributed by atoms with Gasteiger partial charge in [-0.15, -0.1) is 0 Å². The van der Waals surface area contributed by atoms with E-state index in [9.17, 15) is 9.59 Å². The second-order valence-electron chi connectivity index (χ2n) is 8.41. The number of anilines is 1. The number of nitrogens with zero attached hydrogens (tertiary/aromatic N) is 2. The number of aromatic amines is 1. The normalized spacial score (nSPS) is 11.0. The van der Waals surface area contributed by atoms with Crippen molar-refractivity contribution < 1.29 is 14.3 Å². The van der Waals surface area contributed by atoms with Crippen LogP contribution in [0.4, 0.5) is 5.69 Å². The summed E-state index contributed by atoms with van der Waals surface area (Å²) in [6, 6.07) is 21.3. The highest BCUT2D eigenvalue weighted by Crippen LogP contribution is 2.30. The SMILES string of the molecule is CCN(CC(=O)Nc1ccccc1Cc1ccccc1)Cc1nc2cc(OC)c(OC)cc2c(=O)[nH]1. The van der Waals surface area contributed by atoms with Crippen molar-refractivity contribution in [3.8, 4) is 11.5 Å². The maximum Gasteiger partial charge on any atom is 0.258 e. The summed E-state index contributed by atoms with van der Waals surface area (Å²) in [7, 11) is 3.05. The van der Waals surface area contributed by atoms with E-state index in [1.807, 2.05) is 54.3 Å². The quantitative estimate of drug-likeness (QED) is 0.352. The Labute approximate surface area is 209 Å². The second kappa shape index (κ2) is 11.5. The predicted octanol–water partition coefficient (Wildman–Crippen LogP) is 3.99. The van der Waals surface area contributed by atoms with Crippen LogP contribution in [0.2, 0.25) is 0 Å². The van der Waals surface area contributed by atoms with Crippen LogP contribution in [0.5, 0.6) is 11.5 Å². The molecule has 0 aliphatic heterocycles. The maximum absolute atomic E-state index is 12.9. The standard InChI is InChI=1S/C28H30N4O4/c1-4-32(17-26-29-23-16-25(36-3)24(35-2)15-21(23)28(34)31-26)18-27(33)30-22-13-9-8-12-20(22)14-19-10-6-5-7-11-19/h5-13,15-16H,4,14,17-18H2,1-3H3,(H,30,33)(H,29,31,34). The van der Waals surface area contributed by atoms with Crippen LogP contribution in [0, 0.1) is 0 Å². The predicted molar refractivity (Wildman–Crippen MR) is 141 cm³/mol. The Bertz CT molecular complexity index is 1400. The van der Waals surface area contributed by atoms with E-state index < -0.39 is 0 Å². The van der Waals surface area contributed by atoms with Crippen LogP contribution in [0.3, 0.4) is 0 Å². The monoisotopic (exact) mass is 486 g/mol. The van der Waals surface area contributed by atoms with Gasteiger partial charge in [0.25, 0.3) is 5.56 Å². The summed E-state index contributed by atoms with van der Waals surface area (Å²) in [5, 5.41) is 3.46. The molecule has 4 rings (SSSR count). The molecule has 1 aromatic heterocycles. The molecule has 1 amide bonds. The Morgan fingerprint density at radius 1 is 1.00 bits per heavy atom. The van der Waals surface area contributed by atoms with Crippen LogP contribution >= 0.6 is 0 Å². The topological polar surface area (TPSA) is 96.6 Å². The molecule has 0 spiro atoms. The number of methoxy groups -OCH3 is 2. The third-order valence-corrected chi connectivity index (χ3v) is 5.98. The molecule has 0 bridgehead atoms. The van der Waals surface area contributed by atoms with Gasteiger partial charge in [-0.3, -0.25) is 14.5 Å². The molecular weight excluding hydrogens is 456 g/mol. The number of aromatic nitrogens is 2. The molecule has 0 aliphatic carbocycles. The summed E-state index contributed by atoms with van der Waals surface area (Å²) >= 11 is 0. The van der Waals surface area contributed by atoms with Gasteiger partial charge in [0.15, 0.2) is 11.5 Å². The van der Waals surface area contributed by atoms with Gasteiger partial charge in [0.2, 0.25) is 5.91 Å². The molecular formula is C28H30N4O4. The highest BCUT2D eigenvalue weighted by molar-refractivity contribution is 5.93. The number of benzene rings is 3. The van der Waals surface area contributed by atoms with E-state index in [2.05, 4.69) is 27.4 Å². The van der Waals surface area contributed by atoms with Crippen molar-refractivity contribution in [2.24, 2.45) is 0 Å². The zero-order valence-electron chi connectivity index (χ0n) is 20.7. The molecule has 8 heteroatoms. The Morgan fingerprint density at radius 3 is 2.42 bits per heavy atom. The number of para-hydroxylation sites is 1. The van der Waals surface area contributed by atoms with E-state index in [-0.39, 0.29) is 18.0 Å². The number of hydrogen-bond acceptors (Lipinski definition) is 6. The zero-order valence-corrected chi connectivity index (χ0v) is 20.7. The van der Waals surface area contributed by atoms with Gasteiger partial charge in [0, 0.05) is 11.8 Å². The summed E-state index contributed by atoms with van der Waals surface area (Å²) in [6.07, 6.45) is 0.727. The zero-order chi connectivity index (χ0) is 25.5. The van der Waals surface area contributed by atoms with Gasteiger partial charge in [0.1, 0.15) is 5.82 Å². The minimum atomic E-state index is -0.272. The lowest BCUT2D eigenvalue weighted by atomic mass is 10.0. The smallest absolute Gasteiger partial charge is 0.258 e. The van der Waals surface area contributed by atoms with Crippen molar-refractivity contribution in [3.05, 3.63) is 94.0 Å². The molecule has 0 unspecified atom stereocenters. The Hall–Kier alpha value is -4.17. The summed E-state index contributed by atoms with van der Waals surface area (Å²) in [4.78, 5) is 35.0. The molecule has 36 heavy (non-hydrogen) atoms. The van der Waals surface area contributed by atoms with E-state index in [1.54, 1.807) is 12.1 Å². The molecule has 0 atom stereocenters. The average Bonchev–Trinajstić information content (AvgIpc) is 2.89. The van der Waals surface area contributed by atoms with E-state index in [4.69, 9.17) is 9.47 Å². The number of carbonyl (C=O) groups is 1. The Kier molecular flexibility index (Phi) is 7.97. The largest absolute Gasteiger partial charge is 0.493 e. The molecule has 0 radical (unpaired) electrons. The molecule has 0 saturated carbocycles. The summed E-state index contributed by atoms with van der Waals surface area (Å²) in [5.41, 5.74) is 3.24. The number of fused-ring (bicyclic) bond motifs is 1. The molecule has 0 aliphatic rings. The van der Waals surface area contributed by atoms with Crippen molar-refractivity contribution in [2.75, 3.05) is 32.6 Å². The first kappa shape index (κ1) is 24.9. The van der Waals surface area contributed by atoms with Crippen molar-refractivity contribution in [3.63, 3.8) is 0 Å². The van der Waals surface area contributed by atoms with Gasteiger partial charge in [-0.1, -0.05) is 55.5 Å². The lowest BCUT2D eigenvalue weighted by Gasteiger charge is -2.20. The minimum Gasteiger partial charge on any atom is -0.493 e. The van der Waals surface area contributed by atoms with E-state index in [1.165, 1.54) is 19.8 Å². The third-order valence-electron chi connectivity index (χ3n) is 5.98. The highest BCUT2D eigenvalue weighted by atomic mass is 16.5. The molecule has 4 aromatic rings. The summed E-state index contributed by atoms with van der Waals surface area (Å²) in [6.45, 7) is 3.04. The Balaban J connectivity index is 1.47. The molecule has 3 aromatic carbocycles. The number of nitrogens with one attached hydrogen (secondary N) is 2. The van der Waals surface area contributed by atoms with Crippen molar-refractivity contribution >= 4 is 22.5 Å². The van der Waals surface area contributed by atoms with Crippen LogP contribution in [-0.4, -0.2) is 48.1 Å². The van der Waals surface area contributed by atoms with Gasteiger partial charge in [-0.25, -0.2) is 4.98 Å². The Morgan fingerprint density at radius 2 is 1.69 bits per heavy atom. The van der Waals surface area contributed by atoms with Crippen LogP contribution in [0.15, 0.2) is 71.5 Å². The van der Waals surface area contributed by atoms with Gasteiger partial charge >= 0.3 is 0 Å². The summed E-state index contributed by atoms with van der Waals surface area (Å²) < 4.78 is 10.6. The van der Waals surface area contributed by atoms with Crippen molar-refractivity contribution in [1.29, 1.82) is 0 Å². The third kappa shape index (κ3) is 5.90. The molecule has 2 N–H and O–H groups in total. The van der Waals surface area contributed by atoms with Gasteiger partial charge in [0.05, 0.1) is 38.2 Å². The number of carbonyl (C=O) groups excluding carboxylic acids is 1. The second-order valence-corrected chi connectivity index (χ2v) is 8.41. The molecule has 8 nitrogen and oxygen atoms in total. The van der Waals surface area contributed by atoms with E-state index >= 15 is 0 Å². The fourth-order valence-corrected chi connectivity index (χ4v) is 4.09. The van der Waals surface area contributed by atoms with Crippen LogP contribution in [0.1, 0.15) is 23.9 Å². The number of amides is 1. The van der Waals surface area contributed by atoms with Gasteiger partial charge < -0.3 is 19.8 Å². The first-order chi connectivity index (χ1) is 17.5. The van der Waals surface area contributed by atoms with Gasteiger partial charge in [-0.2, -0.15) is 0 Å². The minimum absolute atomic E-state index is 0.132. The molecule has 0 fully saturated rings. The van der Waals surface area contributed by atoms with Crippen molar-refractivity contribution in [2.45, 2.75) is 19.9 Å². The molecule has 186 valence electrons. The molecule has 1 heterocycles. The van der Waals surface area contributed by atoms with Crippen LogP contribution in [0.25, 0.3) is 10.9 Å². The summed E-state index contributed by atoms with van der Waals surface area (Å²) in [5.74, 6) is 1.30. The number of rotatable bonds is 10. The number of hydrogen-bond donors (Lipinski definition) is 2. The van der Waals surface area contributed by atoms with E-state index in [0.29, 0.717) is 41.3 Å². The number of likely N-dealkylation sites (N-methyl/N-ethyl adjacent to an activating group) is 1. The number of H-pyrrole nitrogens is 1. The first-order valence-electron chi connectivity index (χ1n) is 11.8. The van der Waals surface area contributed by atoms with Crippen LogP contribution < -0.4 is 20.3 Å².